The van der Waals surface area contributed by atoms with E-state index in [0.29, 0.717) is 12.6 Å². The summed E-state index contributed by atoms with van der Waals surface area (Å²) in [6, 6.07) is 17.9. The number of aliphatic hydroxyl groups is 1. The zero-order chi connectivity index (χ0) is 20.0. The number of benzene rings is 2. The average molecular weight is 513 g/mol. The van der Waals surface area contributed by atoms with Crippen molar-refractivity contribution < 1.29 is 14.6 Å². The summed E-state index contributed by atoms with van der Waals surface area (Å²) in [6.07, 6.45) is 0.234. The van der Waals surface area contributed by atoms with Crippen molar-refractivity contribution in [3.8, 4) is 5.75 Å². The molecule has 0 aromatic heterocycles. The first-order valence-corrected chi connectivity index (χ1v) is 9.66. The fourth-order valence-corrected chi connectivity index (χ4v) is 2.60. The Morgan fingerprint density at radius 2 is 1.76 bits per heavy atom. The van der Waals surface area contributed by atoms with Crippen LogP contribution in [0.5, 0.6) is 5.75 Å². The number of rotatable bonds is 11. The second-order valence-corrected chi connectivity index (χ2v) is 6.40. The molecule has 0 aliphatic carbocycles. The highest BCUT2D eigenvalue weighted by atomic mass is 127. The van der Waals surface area contributed by atoms with Crippen LogP contribution in [0.15, 0.2) is 59.6 Å². The number of methoxy groups -OCH3 is 1. The molecule has 0 radical (unpaired) electrons. The lowest BCUT2D eigenvalue weighted by Gasteiger charge is -2.13. The van der Waals surface area contributed by atoms with Crippen LogP contribution in [0.1, 0.15) is 18.1 Å². The maximum absolute atomic E-state index is 10.1. The summed E-state index contributed by atoms with van der Waals surface area (Å²) in [5.41, 5.74) is 2.31. The van der Waals surface area contributed by atoms with E-state index in [1.165, 1.54) is 5.56 Å². The molecule has 6 nitrogen and oxygen atoms in total. The Balaban J connectivity index is 0.00000420. The molecule has 160 valence electrons. The van der Waals surface area contributed by atoms with Gasteiger partial charge in [-0.05, 0) is 36.6 Å². The summed E-state index contributed by atoms with van der Waals surface area (Å²) < 4.78 is 10.7. The molecule has 0 heterocycles. The van der Waals surface area contributed by atoms with E-state index < -0.39 is 6.10 Å². The molecule has 1 unspecified atom stereocenters. The van der Waals surface area contributed by atoms with Gasteiger partial charge < -0.3 is 25.2 Å². The van der Waals surface area contributed by atoms with E-state index >= 15 is 0 Å². The monoisotopic (exact) mass is 513 g/mol. The molecule has 0 amide bonds. The van der Waals surface area contributed by atoms with E-state index in [0.717, 1.165) is 30.8 Å². The normalized spacial score (nSPS) is 12.0. The van der Waals surface area contributed by atoms with Gasteiger partial charge in [0.15, 0.2) is 5.96 Å². The van der Waals surface area contributed by atoms with Crippen LogP contribution in [-0.4, -0.2) is 50.5 Å². The van der Waals surface area contributed by atoms with Gasteiger partial charge in [-0.25, -0.2) is 0 Å². The Hall–Kier alpha value is -1.84. The highest BCUT2D eigenvalue weighted by Crippen LogP contribution is 2.11. The first-order chi connectivity index (χ1) is 13.7. The average Bonchev–Trinajstić information content (AvgIpc) is 2.73. The Morgan fingerprint density at radius 1 is 1.03 bits per heavy atom. The lowest BCUT2D eigenvalue weighted by atomic mass is 10.1. The van der Waals surface area contributed by atoms with E-state index in [4.69, 9.17) is 9.47 Å². The molecule has 2 aromatic rings. The van der Waals surface area contributed by atoms with Crippen LogP contribution < -0.4 is 15.4 Å². The lowest BCUT2D eigenvalue weighted by Crippen LogP contribution is -2.39. The molecule has 29 heavy (non-hydrogen) atoms. The van der Waals surface area contributed by atoms with Gasteiger partial charge in [-0.15, -0.1) is 24.0 Å². The van der Waals surface area contributed by atoms with Gasteiger partial charge in [0, 0.05) is 13.1 Å². The van der Waals surface area contributed by atoms with Crippen LogP contribution in [-0.2, 0) is 17.8 Å². The smallest absolute Gasteiger partial charge is 0.191 e. The number of nitrogens with one attached hydrogen (secondary N) is 2. The van der Waals surface area contributed by atoms with Crippen LogP contribution in [0, 0.1) is 0 Å². The third-order valence-corrected chi connectivity index (χ3v) is 4.09. The molecular formula is C22H32IN3O3. The number of guanidine groups is 1. The van der Waals surface area contributed by atoms with E-state index in [-0.39, 0.29) is 37.1 Å². The van der Waals surface area contributed by atoms with Crippen molar-refractivity contribution >= 4 is 29.9 Å². The Bertz CT molecular complexity index is 696. The highest BCUT2D eigenvalue weighted by molar-refractivity contribution is 14.0. The minimum Gasteiger partial charge on any atom is -0.497 e. The minimum absolute atomic E-state index is 0. The highest BCUT2D eigenvalue weighted by Gasteiger charge is 2.05. The van der Waals surface area contributed by atoms with Gasteiger partial charge in [0.05, 0.1) is 33.0 Å². The van der Waals surface area contributed by atoms with Crippen molar-refractivity contribution in [2.75, 3.05) is 33.4 Å². The van der Waals surface area contributed by atoms with E-state index in [1.54, 1.807) is 7.11 Å². The fraction of sp³-hybridized carbons (Fsp3) is 0.409. The number of hydrogen-bond acceptors (Lipinski definition) is 4. The van der Waals surface area contributed by atoms with Crippen molar-refractivity contribution in [2.24, 2.45) is 4.99 Å². The molecule has 0 saturated carbocycles. The van der Waals surface area contributed by atoms with Crippen LogP contribution >= 0.6 is 24.0 Å². The zero-order valence-corrected chi connectivity index (χ0v) is 19.5. The van der Waals surface area contributed by atoms with Crippen LogP contribution in [0.4, 0.5) is 0 Å². The molecule has 2 rings (SSSR count). The summed E-state index contributed by atoms with van der Waals surface area (Å²) in [4.78, 5) is 4.44. The fourth-order valence-electron chi connectivity index (χ4n) is 2.60. The maximum atomic E-state index is 10.1. The Morgan fingerprint density at radius 3 is 2.41 bits per heavy atom. The first-order valence-electron chi connectivity index (χ1n) is 9.66. The van der Waals surface area contributed by atoms with Crippen LogP contribution in [0.25, 0.3) is 0 Å². The van der Waals surface area contributed by atoms with Gasteiger partial charge in [0.25, 0.3) is 0 Å². The predicted octanol–water partition coefficient (Wildman–Crippen LogP) is 2.99. The standard InChI is InChI=1S/C22H31N3O3.HI/c1-3-23-22(24-14-13-18-9-11-21(27-2)12-10-18)25-15-20(26)17-28-16-19-7-5-4-6-8-19;/h4-12,20,26H,3,13-17H2,1-2H3,(H2,23,24,25);1H. The molecule has 2 aromatic carbocycles. The van der Waals surface area contributed by atoms with Gasteiger partial charge in [0.1, 0.15) is 5.75 Å². The number of aliphatic hydroxyl groups excluding tert-OH is 1. The summed E-state index contributed by atoms with van der Waals surface area (Å²) >= 11 is 0. The zero-order valence-electron chi connectivity index (χ0n) is 17.1. The van der Waals surface area contributed by atoms with E-state index in [2.05, 4.69) is 27.8 Å². The summed E-state index contributed by atoms with van der Waals surface area (Å²) in [6.45, 7) is 4.55. The second kappa shape index (κ2) is 15.1. The third kappa shape index (κ3) is 10.5. The molecule has 0 aliphatic heterocycles. The number of halogens is 1. The van der Waals surface area contributed by atoms with Crippen molar-refractivity contribution in [1.82, 2.24) is 10.6 Å². The molecule has 0 aliphatic rings. The van der Waals surface area contributed by atoms with Gasteiger partial charge in [0.2, 0.25) is 0 Å². The van der Waals surface area contributed by atoms with E-state index in [1.807, 2.05) is 49.4 Å². The van der Waals surface area contributed by atoms with E-state index in [9.17, 15) is 5.11 Å². The predicted molar refractivity (Wildman–Crippen MR) is 128 cm³/mol. The first kappa shape index (κ1) is 25.2. The Kier molecular flexibility index (Phi) is 13.1. The van der Waals surface area contributed by atoms with Crippen molar-refractivity contribution in [1.29, 1.82) is 0 Å². The second-order valence-electron chi connectivity index (χ2n) is 6.40. The van der Waals surface area contributed by atoms with Gasteiger partial charge in [-0.3, -0.25) is 4.99 Å². The largest absolute Gasteiger partial charge is 0.497 e. The number of ether oxygens (including phenoxy) is 2. The number of hydrogen-bond donors (Lipinski definition) is 3. The van der Waals surface area contributed by atoms with Crippen molar-refractivity contribution in [2.45, 2.75) is 26.1 Å². The molecule has 3 N–H and O–H groups in total. The van der Waals surface area contributed by atoms with Crippen LogP contribution in [0.2, 0.25) is 0 Å². The summed E-state index contributed by atoms with van der Waals surface area (Å²) in [5, 5.41) is 16.6. The van der Waals surface area contributed by atoms with Gasteiger partial charge >= 0.3 is 0 Å². The number of aliphatic imine (C=N–C) groups is 1. The molecule has 0 saturated heterocycles. The van der Waals surface area contributed by atoms with Gasteiger partial charge in [-0.1, -0.05) is 42.5 Å². The third-order valence-electron chi connectivity index (χ3n) is 4.09. The van der Waals surface area contributed by atoms with Gasteiger partial charge in [-0.2, -0.15) is 0 Å². The maximum Gasteiger partial charge on any atom is 0.191 e. The topological polar surface area (TPSA) is 75.1 Å². The summed E-state index contributed by atoms with van der Waals surface area (Å²) in [5.74, 6) is 1.55. The molecule has 0 bridgehead atoms. The lowest BCUT2D eigenvalue weighted by molar-refractivity contribution is 0.0331. The molecule has 1 atom stereocenters. The SMILES string of the molecule is CCNC(=NCC(O)COCc1ccccc1)NCCc1ccc(OC)cc1.I. The minimum atomic E-state index is -0.638. The van der Waals surface area contributed by atoms with Crippen molar-refractivity contribution in [3.05, 3.63) is 65.7 Å². The summed E-state index contributed by atoms with van der Waals surface area (Å²) in [7, 11) is 1.66. The molecule has 0 spiro atoms. The molecular weight excluding hydrogens is 481 g/mol. The Labute approximate surface area is 190 Å². The molecule has 0 fully saturated rings. The number of nitrogens with zero attached hydrogens (tertiary/aromatic N) is 1. The van der Waals surface area contributed by atoms with Crippen LogP contribution in [0.3, 0.4) is 0 Å². The quantitative estimate of drug-likeness (QED) is 0.245. The van der Waals surface area contributed by atoms with Crippen molar-refractivity contribution in [3.63, 3.8) is 0 Å². The molecule has 7 heteroatoms.